The van der Waals surface area contributed by atoms with Crippen LogP contribution < -0.4 is 15.8 Å². The Balaban J connectivity index is 2.34. The van der Waals surface area contributed by atoms with Crippen molar-refractivity contribution in [3.05, 3.63) is 41.7 Å². The molecule has 0 atom stereocenters. The van der Waals surface area contributed by atoms with Crippen molar-refractivity contribution in [1.29, 1.82) is 0 Å². The molecule has 4 nitrogen and oxygen atoms in total. The quantitative estimate of drug-likeness (QED) is 0.841. The number of rotatable bonds is 3. The van der Waals surface area contributed by atoms with Crippen LogP contribution in [0.2, 0.25) is 0 Å². The third kappa shape index (κ3) is 2.54. The van der Waals surface area contributed by atoms with Crippen LogP contribution in [0.1, 0.15) is 0 Å². The Morgan fingerprint density at radius 3 is 2.53 bits per heavy atom. The van der Waals surface area contributed by atoms with Gasteiger partial charge in [-0.05, 0) is 24.3 Å². The Morgan fingerprint density at radius 1 is 1.11 bits per heavy atom. The number of aromatic nitrogens is 1. The van der Waals surface area contributed by atoms with Crippen LogP contribution in [-0.2, 0) is 0 Å². The topological polar surface area (TPSA) is 60.2 Å². The van der Waals surface area contributed by atoms with E-state index in [4.69, 9.17) is 10.5 Å². The second kappa shape index (κ2) is 5.05. The first-order chi connectivity index (χ1) is 9.02. The molecule has 1 aromatic heterocycles. The van der Waals surface area contributed by atoms with E-state index in [1.165, 1.54) is 19.2 Å². The summed E-state index contributed by atoms with van der Waals surface area (Å²) in [4.78, 5) is 3.94. The number of nitrogen functional groups attached to an aromatic ring is 1. The van der Waals surface area contributed by atoms with E-state index in [-0.39, 0.29) is 17.4 Å². The fraction of sp³-hybridized carbons (Fsp3) is 0.0833. The Morgan fingerprint density at radius 2 is 1.84 bits per heavy atom. The highest BCUT2D eigenvalue weighted by molar-refractivity contribution is 5.61. The van der Waals surface area contributed by atoms with Crippen LogP contribution in [-0.4, -0.2) is 12.1 Å². The zero-order valence-electron chi connectivity index (χ0n) is 9.88. The maximum absolute atomic E-state index is 13.4. The van der Waals surface area contributed by atoms with Gasteiger partial charge in [0.15, 0.2) is 17.5 Å². The van der Waals surface area contributed by atoms with Gasteiger partial charge in [0, 0.05) is 0 Å². The third-order valence-corrected chi connectivity index (χ3v) is 2.38. The van der Waals surface area contributed by atoms with Crippen molar-refractivity contribution in [3.63, 3.8) is 0 Å². The number of benzene rings is 1. The monoisotopic (exact) mass is 269 g/mol. The summed E-state index contributed by atoms with van der Waals surface area (Å²) in [6.45, 7) is 0. The average molecular weight is 269 g/mol. The molecule has 2 aromatic rings. The van der Waals surface area contributed by atoms with Crippen LogP contribution in [0, 0.1) is 17.5 Å². The molecule has 7 heteroatoms. The molecule has 0 spiro atoms. The second-order valence-corrected chi connectivity index (χ2v) is 3.64. The van der Waals surface area contributed by atoms with E-state index in [1.807, 2.05) is 0 Å². The minimum absolute atomic E-state index is 0.146. The van der Waals surface area contributed by atoms with E-state index in [2.05, 4.69) is 10.3 Å². The predicted molar refractivity (Wildman–Crippen MR) is 64.8 cm³/mol. The molecule has 0 unspecified atom stereocenters. The van der Waals surface area contributed by atoms with Gasteiger partial charge in [-0.2, -0.15) is 4.98 Å². The Bertz CT molecular complexity index is 619. The zero-order valence-corrected chi connectivity index (χ0v) is 9.88. The first-order valence-electron chi connectivity index (χ1n) is 5.24. The third-order valence-electron chi connectivity index (χ3n) is 2.38. The summed E-state index contributed by atoms with van der Waals surface area (Å²) in [5.74, 6) is -3.79. The lowest BCUT2D eigenvalue weighted by Gasteiger charge is -2.09. The summed E-state index contributed by atoms with van der Waals surface area (Å²) in [5, 5.41) is 2.51. The molecule has 0 aliphatic heterocycles. The van der Waals surface area contributed by atoms with Gasteiger partial charge in [-0.25, -0.2) is 13.2 Å². The first kappa shape index (κ1) is 13.0. The minimum Gasteiger partial charge on any atom is -0.479 e. The van der Waals surface area contributed by atoms with E-state index in [0.717, 1.165) is 12.1 Å². The number of nitrogens with zero attached hydrogens (tertiary/aromatic N) is 1. The van der Waals surface area contributed by atoms with Crippen molar-refractivity contribution < 1.29 is 17.9 Å². The van der Waals surface area contributed by atoms with Gasteiger partial charge in [0.25, 0.3) is 0 Å². The zero-order chi connectivity index (χ0) is 14.0. The smallest absolute Gasteiger partial charge is 0.238 e. The second-order valence-electron chi connectivity index (χ2n) is 3.64. The summed E-state index contributed by atoms with van der Waals surface area (Å²) in [6.07, 6.45) is 0. The molecule has 19 heavy (non-hydrogen) atoms. The lowest BCUT2D eigenvalue weighted by molar-refractivity contribution is 0.401. The van der Waals surface area contributed by atoms with E-state index in [1.54, 1.807) is 0 Å². The van der Waals surface area contributed by atoms with E-state index < -0.39 is 17.5 Å². The van der Waals surface area contributed by atoms with E-state index in [9.17, 15) is 13.2 Å². The molecule has 2 rings (SSSR count). The minimum atomic E-state index is -1.55. The molecule has 3 N–H and O–H groups in total. The number of hydrogen-bond donors (Lipinski definition) is 2. The van der Waals surface area contributed by atoms with Gasteiger partial charge in [0.1, 0.15) is 5.82 Å². The van der Waals surface area contributed by atoms with Crippen molar-refractivity contribution in [2.24, 2.45) is 0 Å². The fourth-order valence-corrected chi connectivity index (χ4v) is 1.44. The number of hydrogen-bond acceptors (Lipinski definition) is 4. The molecule has 0 fully saturated rings. The molecule has 0 saturated heterocycles. The van der Waals surface area contributed by atoms with Gasteiger partial charge in [-0.15, -0.1) is 0 Å². The Kier molecular flexibility index (Phi) is 3.46. The molecule has 0 saturated carbocycles. The molecule has 0 aliphatic rings. The maximum Gasteiger partial charge on any atom is 0.238 e. The highest BCUT2D eigenvalue weighted by atomic mass is 19.2. The number of halogens is 3. The molecule has 1 heterocycles. The molecular formula is C12H10F3N3O. The fourth-order valence-electron chi connectivity index (χ4n) is 1.44. The molecule has 100 valence electrons. The first-order valence-corrected chi connectivity index (χ1v) is 5.24. The number of pyridine rings is 1. The summed E-state index contributed by atoms with van der Waals surface area (Å²) < 4.78 is 44.2. The number of nitrogens with one attached hydrogen (secondary N) is 1. The molecule has 0 amide bonds. The van der Waals surface area contributed by atoms with Gasteiger partial charge in [0.2, 0.25) is 5.88 Å². The maximum atomic E-state index is 13.4. The predicted octanol–water partition coefficient (Wildman–Crippen LogP) is 2.83. The van der Waals surface area contributed by atoms with Gasteiger partial charge in [0.05, 0.1) is 18.5 Å². The van der Waals surface area contributed by atoms with Crippen LogP contribution in [0.3, 0.4) is 0 Å². The molecule has 0 radical (unpaired) electrons. The van der Waals surface area contributed by atoms with Crippen LogP contribution >= 0.6 is 0 Å². The van der Waals surface area contributed by atoms with Gasteiger partial charge < -0.3 is 15.8 Å². The number of anilines is 3. The average Bonchev–Trinajstić information content (AvgIpc) is 2.41. The van der Waals surface area contributed by atoms with E-state index in [0.29, 0.717) is 5.69 Å². The molecule has 1 aromatic carbocycles. The summed E-state index contributed by atoms with van der Waals surface area (Å²) >= 11 is 0. The van der Waals surface area contributed by atoms with Crippen molar-refractivity contribution in [2.45, 2.75) is 0 Å². The summed E-state index contributed by atoms with van der Waals surface area (Å²) in [5.41, 5.74) is 5.63. The van der Waals surface area contributed by atoms with E-state index >= 15 is 0 Å². The summed E-state index contributed by atoms with van der Waals surface area (Å²) in [6, 6.07) is 4.83. The number of ether oxygens (including phenoxy) is 1. The van der Waals surface area contributed by atoms with Crippen LogP contribution in [0.15, 0.2) is 24.3 Å². The Labute approximate surface area is 107 Å². The lowest BCUT2D eigenvalue weighted by atomic mass is 10.2. The summed E-state index contributed by atoms with van der Waals surface area (Å²) in [7, 11) is 1.38. The largest absolute Gasteiger partial charge is 0.479 e. The lowest BCUT2D eigenvalue weighted by Crippen LogP contribution is -2.02. The van der Waals surface area contributed by atoms with Gasteiger partial charge in [-0.1, -0.05) is 0 Å². The molecule has 0 bridgehead atoms. The highest BCUT2D eigenvalue weighted by Crippen LogP contribution is 2.25. The number of nitrogens with two attached hydrogens (primary N) is 1. The van der Waals surface area contributed by atoms with Crippen molar-refractivity contribution >= 4 is 17.2 Å². The van der Waals surface area contributed by atoms with Crippen LogP contribution in [0.4, 0.5) is 30.4 Å². The van der Waals surface area contributed by atoms with Crippen LogP contribution in [0.5, 0.6) is 5.88 Å². The number of methoxy groups -OCH3 is 1. The highest BCUT2D eigenvalue weighted by Gasteiger charge is 2.14. The SMILES string of the molecule is COc1nc(Nc2ccc(F)c(F)c2F)ccc1N. The normalized spacial score (nSPS) is 10.3. The molecule has 0 aliphatic carbocycles. The van der Waals surface area contributed by atoms with Crippen molar-refractivity contribution in [2.75, 3.05) is 18.2 Å². The van der Waals surface area contributed by atoms with Gasteiger partial charge >= 0.3 is 0 Å². The Hall–Kier alpha value is -2.44. The molecular weight excluding hydrogens is 259 g/mol. The van der Waals surface area contributed by atoms with Crippen LogP contribution in [0.25, 0.3) is 0 Å². The van der Waals surface area contributed by atoms with Crippen molar-refractivity contribution in [1.82, 2.24) is 4.98 Å². The van der Waals surface area contributed by atoms with Crippen molar-refractivity contribution in [3.8, 4) is 5.88 Å². The van der Waals surface area contributed by atoms with Gasteiger partial charge in [-0.3, -0.25) is 0 Å². The standard InChI is InChI=1S/C12H10F3N3O/c1-19-12-7(16)3-5-9(18-12)17-8-4-2-6(13)10(14)11(8)15/h2-5H,16H2,1H3,(H,17,18).